The predicted octanol–water partition coefficient (Wildman–Crippen LogP) is 1.82. The Morgan fingerprint density at radius 2 is 2.30 bits per heavy atom. The fourth-order valence-corrected chi connectivity index (χ4v) is 3.02. The van der Waals surface area contributed by atoms with Gasteiger partial charge >= 0.3 is 0 Å². The number of aryl methyl sites for hydroxylation is 1. The summed E-state index contributed by atoms with van der Waals surface area (Å²) in [5, 5.41) is 7.15. The van der Waals surface area contributed by atoms with E-state index in [0.29, 0.717) is 5.92 Å². The van der Waals surface area contributed by atoms with Crippen LogP contribution in [0.5, 0.6) is 0 Å². The van der Waals surface area contributed by atoms with Crippen LogP contribution in [-0.2, 0) is 16.0 Å². The zero-order chi connectivity index (χ0) is 16.2. The second kappa shape index (κ2) is 6.91. The fraction of sp³-hybridized carbons (Fsp3) is 0.471. The molecule has 0 bridgehead atoms. The fourth-order valence-electron chi connectivity index (χ4n) is 3.02. The highest BCUT2D eigenvalue weighted by Crippen LogP contribution is 2.22. The van der Waals surface area contributed by atoms with Crippen LogP contribution in [-0.4, -0.2) is 52.8 Å². The molecule has 0 aliphatic carbocycles. The molecule has 1 amide bonds. The predicted molar refractivity (Wildman–Crippen MR) is 86.8 cm³/mol. The number of hydrogen-bond acceptors (Lipinski definition) is 4. The number of H-pyrrole nitrogens is 1. The van der Waals surface area contributed by atoms with Gasteiger partial charge in [0.05, 0.1) is 5.69 Å². The second-order valence-electron chi connectivity index (χ2n) is 6.12. The summed E-state index contributed by atoms with van der Waals surface area (Å²) in [5.74, 6) is 0.577. The molecular weight excluding hydrogens is 292 g/mol. The summed E-state index contributed by atoms with van der Waals surface area (Å²) in [6.07, 6.45) is 3.90. The first-order chi connectivity index (χ1) is 11.2. The van der Waals surface area contributed by atoms with Gasteiger partial charge in [0.2, 0.25) is 5.91 Å². The smallest absolute Gasteiger partial charge is 0.248 e. The zero-order valence-corrected chi connectivity index (χ0v) is 13.6. The average molecular weight is 314 g/mol. The molecule has 6 heteroatoms. The van der Waals surface area contributed by atoms with Crippen molar-refractivity contribution in [2.24, 2.45) is 5.92 Å². The number of pyridine rings is 1. The summed E-state index contributed by atoms with van der Waals surface area (Å²) in [4.78, 5) is 18.2. The largest absolute Gasteiger partial charge is 0.375 e. The zero-order valence-electron chi connectivity index (χ0n) is 13.6. The molecule has 0 spiro atoms. The lowest BCUT2D eigenvalue weighted by Crippen LogP contribution is -2.31. The van der Waals surface area contributed by atoms with Crippen LogP contribution in [0.2, 0.25) is 0 Å². The number of ether oxygens (including phenoxy) is 1. The summed E-state index contributed by atoms with van der Waals surface area (Å²) in [6.45, 7) is 3.78. The molecule has 2 aromatic heterocycles. The van der Waals surface area contributed by atoms with E-state index in [1.807, 2.05) is 30.2 Å². The number of nitrogens with zero attached hydrogens (tertiary/aromatic N) is 3. The van der Waals surface area contributed by atoms with Crippen LogP contribution in [0.3, 0.4) is 0 Å². The first-order valence-electron chi connectivity index (χ1n) is 7.89. The minimum Gasteiger partial charge on any atom is -0.375 e. The van der Waals surface area contributed by atoms with Crippen LogP contribution < -0.4 is 0 Å². The van der Waals surface area contributed by atoms with Crippen molar-refractivity contribution in [2.75, 3.05) is 26.8 Å². The van der Waals surface area contributed by atoms with Crippen molar-refractivity contribution in [3.05, 3.63) is 35.7 Å². The van der Waals surface area contributed by atoms with Crippen LogP contribution in [0.1, 0.15) is 17.7 Å². The number of nitrogens with one attached hydrogen (secondary N) is 1. The molecule has 0 radical (unpaired) electrons. The lowest BCUT2D eigenvalue weighted by Gasteiger charge is -2.16. The van der Waals surface area contributed by atoms with Gasteiger partial charge in [-0.1, -0.05) is 6.07 Å². The molecule has 1 N–H and O–H groups in total. The standard InChI is InChI=1S/C17H22N4O2/c1-12-7-16(20-19-12)15-4-3-13(9-18-15)8-14-5-6-21(10-14)17(22)11-23-2/h3-4,7,9,14H,5-6,8,10-11H2,1-2H3,(H,19,20). The van der Waals surface area contributed by atoms with Crippen molar-refractivity contribution in [3.8, 4) is 11.4 Å². The van der Waals surface area contributed by atoms with Crippen LogP contribution in [0, 0.1) is 12.8 Å². The number of aromatic nitrogens is 3. The monoisotopic (exact) mass is 314 g/mol. The Bertz CT molecular complexity index is 665. The van der Waals surface area contributed by atoms with Crippen molar-refractivity contribution >= 4 is 5.91 Å². The number of amides is 1. The molecule has 1 aliphatic heterocycles. The Morgan fingerprint density at radius 3 is 2.96 bits per heavy atom. The lowest BCUT2D eigenvalue weighted by atomic mass is 10.00. The quantitative estimate of drug-likeness (QED) is 0.914. The Morgan fingerprint density at radius 1 is 1.43 bits per heavy atom. The minimum absolute atomic E-state index is 0.0809. The number of likely N-dealkylation sites (tertiary alicyclic amines) is 1. The highest BCUT2D eigenvalue weighted by atomic mass is 16.5. The van der Waals surface area contributed by atoms with E-state index in [9.17, 15) is 4.79 Å². The number of carbonyl (C=O) groups is 1. The maximum Gasteiger partial charge on any atom is 0.248 e. The Hall–Kier alpha value is -2.21. The molecule has 2 aromatic rings. The lowest BCUT2D eigenvalue weighted by molar-refractivity contribution is -0.134. The van der Waals surface area contributed by atoms with Gasteiger partial charge in [0.1, 0.15) is 12.3 Å². The Kier molecular flexibility index (Phi) is 4.71. The van der Waals surface area contributed by atoms with E-state index in [0.717, 1.165) is 43.0 Å². The van der Waals surface area contributed by atoms with E-state index in [1.165, 1.54) is 5.56 Å². The third kappa shape index (κ3) is 3.76. The highest BCUT2D eigenvalue weighted by Gasteiger charge is 2.26. The topological polar surface area (TPSA) is 71.1 Å². The normalized spacial score (nSPS) is 17.7. The van der Waals surface area contributed by atoms with E-state index < -0.39 is 0 Å². The van der Waals surface area contributed by atoms with Crippen molar-refractivity contribution < 1.29 is 9.53 Å². The molecule has 3 rings (SSSR count). The van der Waals surface area contributed by atoms with Gasteiger partial charge in [-0.15, -0.1) is 0 Å². The highest BCUT2D eigenvalue weighted by molar-refractivity contribution is 5.77. The van der Waals surface area contributed by atoms with E-state index in [2.05, 4.69) is 21.2 Å². The van der Waals surface area contributed by atoms with Gasteiger partial charge in [-0.05, 0) is 43.4 Å². The first-order valence-corrected chi connectivity index (χ1v) is 7.89. The van der Waals surface area contributed by atoms with Crippen molar-refractivity contribution in [1.82, 2.24) is 20.1 Å². The third-order valence-corrected chi connectivity index (χ3v) is 4.22. The molecule has 0 aromatic carbocycles. The molecule has 122 valence electrons. The van der Waals surface area contributed by atoms with Gasteiger partial charge in [-0.2, -0.15) is 5.10 Å². The summed E-state index contributed by atoms with van der Waals surface area (Å²) in [5.41, 5.74) is 3.97. The maximum absolute atomic E-state index is 11.8. The van der Waals surface area contributed by atoms with Gasteiger partial charge in [0, 0.05) is 32.1 Å². The van der Waals surface area contributed by atoms with Gasteiger partial charge in [0.25, 0.3) is 0 Å². The van der Waals surface area contributed by atoms with E-state index in [1.54, 1.807) is 7.11 Å². The Balaban J connectivity index is 1.58. The van der Waals surface area contributed by atoms with Gasteiger partial charge < -0.3 is 9.64 Å². The van der Waals surface area contributed by atoms with E-state index >= 15 is 0 Å². The molecule has 0 saturated carbocycles. The molecule has 23 heavy (non-hydrogen) atoms. The van der Waals surface area contributed by atoms with Crippen LogP contribution in [0.4, 0.5) is 0 Å². The van der Waals surface area contributed by atoms with Crippen molar-refractivity contribution in [3.63, 3.8) is 0 Å². The molecule has 6 nitrogen and oxygen atoms in total. The SMILES string of the molecule is COCC(=O)N1CCC(Cc2ccc(-c3cc(C)[nH]n3)nc2)C1. The molecule has 1 unspecified atom stereocenters. The average Bonchev–Trinajstić information content (AvgIpc) is 3.18. The summed E-state index contributed by atoms with van der Waals surface area (Å²) < 4.78 is 4.92. The maximum atomic E-state index is 11.8. The van der Waals surface area contributed by atoms with Crippen molar-refractivity contribution in [2.45, 2.75) is 19.8 Å². The molecule has 1 atom stereocenters. The number of methoxy groups -OCH3 is 1. The number of carbonyl (C=O) groups excluding carboxylic acids is 1. The van der Waals surface area contributed by atoms with E-state index in [-0.39, 0.29) is 12.5 Å². The van der Waals surface area contributed by atoms with Gasteiger partial charge in [-0.3, -0.25) is 14.9 Å². The van der Waals surface area contributed by atoms with Crippen LogP contribution >= 0.6 is 0 Å². The number of aromatic amines is 1. The van der Waals surface area contributed by atoms with Crippen molar-refractivity contribution in [1.29, 1.82) is 0 Å². The van der Waals surface area contributed by atoms with Gasteiger partial charge in [0.15, 0.2) is 0 Å². The summed E-state index contributed by atoms with van der Waals surface area (Å²) in [6, 6.07) is 6.10. The van der Waals surface area contributed by atoms with Crippen LogP contribution in [0.25, 0.3) is 11.4 Å². The Labute approximate surface area is 135 Å². The number of rotatable bonds is 5. The molecule has 1 saturated heterocycles. The molecule has 1 aliphatic rings. The van der Waals surface area contributed by atoms with E-state index in [4.69, 9.17) is 4.74 Å². The first kappa shape index (κ1) is 15.7. The van der Waals surface area contributed by atoms with Gasteiger partial charge in [-0.25, -0.2) is 0 Å². The molecule has 1 fully saturated rings. The van der Waals surface area contributed by atoms with Crippen LogP contribution in [0.15, 0.2) is 24.4 Å². The number of hydrogen-bond donors (Lipinski definition) is 1. The third-order valence-electron chi connectivity index (χ3n) is 4.22. The molecular formula is C17H22N4O2. The minimum atomic E-state index is 0.0809. The second-order valence-corrected chi connectivity index (χ2v) is 6.12. The molecule has 3 heterocycles. The summed E-state index contributed by atoms with van der Waals surface area (Å²) in [7, 11) is 1.56. The summed E-state index contributed by atoms with van der Waals surface area (Å²) >= 11 is 0.